The van der Waals surface area contributed by atoms with Crippen LogP contribution in [-0.2, 0) is 0 Å². The van der Waals surface area contributed by atoms with Crippen molar-refractivity contribution in [2.24, 2.45) is 0 Å². The van der Waals surface area contributed by atoms with E-state index in [2.05, 4.69) is 44.2 Å². The Morgan fingerprint density at radius 2 is 1.50 bits per heavy atom. The van der Waals surface area contributed by atoms with Crippen LogP contribution in [0.15, 0.2) is 23.4 Å². The molecule has 0 aromatic carbocycles. The number of unbranched alkanes of at least 4 members (excludes halogenated alkanes) is 3. The van der Waals surface area contributed by atoms with Crippen LogP contribution >= 0.6 is 11.3 Å². The Labute approximate surface area is 134 Å². The maximum absolute atomic E-state index is 4.63. The summed E-state index contributed by atoms with van der Waals surface area (Å²) in [6.45, 7) is 11.6. The summed E-state index contributed by atoms with van der Waals surface area (Å²) in [7, 11) is 0. The first-order valence-electron chi connectivity index (χ1n) is 8.42. The second-order valence-corrected chi connectivity index (χ2v) is 20.2. The Hall–Kier alpha value is 0.239. The van der Waals surface area contributed by atoms with Crippen LogP contribution in [0.1, 0.15) is 64.9 Å². The molecule has 0 saturated heterocycles. The summed E-state index contributed by atoms with van der Waals surface area (Å²) < 4.78 is 6.20. The van der Waals surface area contributed by atoms with Gasteiger partial charge in [-0.05, 0) is 0 Å². The second-order valence-electron chi connectivity index (χ2n) is 6.08. The molecule has 0 aliphatic rings. The molecule has 114 valence electrons. The van der Waals surface area contributed by atoms with Gasteiger partial charge in [0.25, 0.3) is 0 Å². The van der Waals surface area contributed by atoms with E-state index < -0.39 is 18.4 Å². The van der Waals surface area contributed by atoms with Crippen molar-refractivity contribution in [1.29, 1.82) is 0 Å². The molecule has 1 aromatic heterocycles. The van der Waals surface area contributed by atoms with Crippen LogP contribution in [0, 0.1) is 0 Å². The predicted octanol–water partition coefficient (Wildman–Crippen LogP) is 7.15. The Morgan fingerprint density at radius 1 is 1.00 bits per heavy atom. The SMILES string of the molecule is C=[C](c1ccsc1)[Sn]([CH2]CCC)([CH2]CCC)[CH2]CCC. The summed E-state index contributed by atoms with van der Waals surface area (Å²) in [5.74, 6) is 0. The van der Waals surface area contributed by atoms with Crippen LogP contribution in [0.3, 0.4) is 0 Å². The van der Waals surface area contributed by atoms with Gasteiger partial charge in [0.15, 0.2) is 0 Å². The minimum atomic E-state index is -2.23. The molecule has 1 aromatic rings. The van der Waals surface area contributed by atoms with Gasteiger partial charge >= 0.3 is 135 Å². The van der Waals surface area contributed by atoms with E-state index in [1.807, 2.05) is 11.3 Å². The van der Waals surface area contributed by atoms with Crippen LogP contribution in [0.2, 0.25) is 13.3 Å². The van der Waals surface area contributed by atoms with Crippen molar-refractivity contribution in [3.63, 3.8) is 0 Å². The molecular weight excluding hydrogens is 367 g/mol. The molecule has 2 heteroatoms. The molecule has 1 heterocycles. The third kappa shape index (κ3) is 5.21. The van der Waals surface area contributed by atoms with Gasteiger partial charge < -0.3 is 0 Å². The molecular formula is C18H32SSn. The summed E-state index contributed by atoms with van der Waals surface area (Å²) >= 11 is -0.399. The molecule has 0 bridgehead atoms. The molecule has 0 aliphatic heterocycles. The van der Waals surface area contributed by atoms with Gasteiger partial charge in [-0.15, -0.1) is 0 Å². The summed E-state index contributed by atoms with van der Waals surface area (Å²) in [4.78, 5) is 0. The van der Waals surface area contributed by atoms with Gasteiger partial charge in [0.1, 0.15) is 0 Å². The van der Waals surface area contributed by atoms with E-state index in [0.717, 1.165) is 0 Å². The van der Waals surface area contributed by atoms with Crippen molar-refractivity contribution < 1.29 is 0 Å². The van der Waals surface area contributed by atoms with Gasteiger partial charge in [-0.1, -0.05) is 0 Å². The first-order chi connectivity index (χ1) is 9.70. The quantitative estimate of drug-likeness (QED) is 0.347. The van der Waals surface area contributed by atoms with Crippen LogP contribution in [0.5, 0.6) is 0 Å². The molecule has 0 nitrogen and oxygen atoms in total. The van der Waals surface area contributed by atoms with E-state index in [1.165, 1.54) is 57.4 Å². The molecule has 0 amide bonds. The molecule has 0 aliphatic carbocycles. The summed E-state index contributed by atoms with van der Waals surface area (Å²) in [6, 6.07) is 2.31. The second kappa shape index (κ2) is 10.0. The van der Waals surface area contributed by atoms with E-state index in [-0.39, 0.29) is 0 Å². The molecule has 1 rings (SSSR count). The molecule has 0 unspecified atom stereocenters. The van der Waals surface area contributed by atoms with Crippen molar-refractivity contribution in [1.82, 2.24) is 0 Å². The van der Waals surface area contributed by atoms with Gasteiger partial charge in [-0.2, -0.15) is 0 Å². The Balaban J connectivity index is 2.95. The normalized spacial score (nSPS) is 11.8. The molecule has 0 fully saturated rings. The van der Waals surface area contributed by atoms with Crippen LogP contribution in [0.4, 0.5) is 0 Å². The molecule has 0 N–H and O–H groups in total. The van der Waals surface area contributed by atoms with E-state index >= 15 is 0 Å². The molecule has 0 atom stereocenters. The molecule has 0 spiro atoms. The predicted molar refractivity (Wildman–Crippen MR) is 98.3 cm³/mol. The zero-order chi connectivity index (χ0) is 14.8. The fourth-order valence-corrected chi connectivity index (χ4v) is 19.8. The number of rotatable bonds is 11. The van der Waals surface area contributed by atoms with Gasteiger partial charge in [0.05, 0.1) is 0 Å². The summed E-state index contributed by atoms with van der Waals surface area (Å²) in [5, 5.41) is 4.55. The zero-order valence-electron chi connectivity index (χ0n) is 13.7. The first-order valence-corrected chi connectivity index (χ1v) is 16.8. The van der Waals surface area contributed by atoms with Gasteiger partial charge in [0.2, 0.25) is 0 Å². The Morgan fingerprint density at radius 3 is 1.85 bits per heavy atom. The van der Waals surface area contributed by atoms with Gasteiger partial charge in [-0.25, -0.2) is 0 Å². The zero-order valence-corrected chi connectivity index (χ0v) is 17.4. The maximum atomic E-state index is 4.63. The van der Waals surface area contributed by atoms with Crippen LogP contribution in [-0.4, -0.2) is 18.4 Å². The fraction of sp³-hybridized carbons (Fsp3) is 0.667. The monoisotopic (exact) mass is 400 g/mol. The van der Waals surface area contributed by atoms with E-state index in [9.17, 15) is 0 Å². The van der Waals surface area contributed by atoms with E-state index in [0.29, 0.717) is 0 Å². The average Bonchev–Trinajstić information content (AvgIpc) is 3.00. The standard InChI is InChI=1S/C6H5S.3C4H9.Sn/c1-2-6-3-4-7-5-6;3*1-3-4-2;/h3-5H,1H2;3*1,3-4H2,2H3;. The average molecular weight is 399 g/mol. The molecule has 0 radical (unpaired) electrons. The summed E-state index contributed by atoms with van der Waals surface area (Å²) in [6.07, 6.45) is 8.29. The third-order valence-electron chi connectivity index (χ3n) is 4.54. The third-order valence-corrected chi connectivity index (χ3v) is 20.9. The molecule has 20 heavy (non-hydrogen) atoms. The van der Waals surface area contributed by atoms with Crippen molar-refractivity contribution in [2.75, 3.05) is 0 Å². The van der Waals surface area contributed by atoms with Gasteiger partial charge in [0, 0.05) is 0 Å². The van der Waals surface area contributed by atoms with E-state index in [1.54, 1.807) is 3.59 Å². The van der Waals surface area contributed by atoms with Crippen LogP contribution < -0.4 is 0 Å². The topological polar surface area (TPSA) is 0 Å². The fourth-order valence-electron chi connectivity index (χ4n) is 3.12. The minimum absolute atomic E-state index is 1.34. The summed E-state index contributed by atoms with van der Waals surface area (Å²) in [5.41, 5.74) is 1.48. The number of thiophene rings is 1. The van der Waals surface area contributed by atoms with Gasteiger partial charge in [-0.3, -0.25) is 0 Å². The van der Waals surface area contributed by atoms with Crippen molar-refractivity contribution in [3.05, 3.63) is 29.0 Å². The van der Waals surface area contributed by atoms with E-state index in [4.69, 9.17) is 0 Å². The molecule has 0 saturated carbocycles. The van der Waals surface area contributed by atoms with Crippen LogP contribution in [0.25, 0.3) is 3.59 Å². The first kappa shape index (κ1) is 18.3. The van der Waals surface area contributed by atoms with Crippen molar-refractivity contribution >= 4 is 33.3 Å². The Kier molecular flexibility index (Phi) is 9.19. The number of hydrogen-bond acceptors (Lipinski definition) is 1. The van der Waals surface area contributed by atoms with Crippen molar-refractivity contribution in [2.45, 2.75) is 72.6 Å². The Bertz CT molecular complexity index is 345. The van der Waals surface area contributed by atoms with Crippen molar-refractivity contribution in [3.8, 4) is 0 Å². The number of hydrogen-bond donors (Lipinski definition) is 0.